The van der Waals surface area contributed by atoms with Gasteiger partial charge in [-0.3, -0.25) is 4.79 Å². The highest BCUT2D eigenvalue weighted by molar-refractivity contribution is 5.78. The van der Waals surface area contributed by atoms with Gasteiger partial charge in [0.2, 0.25) is 0 Å². The number of carboxylic acid groups (broad SMARTS) is 1. The Bertz CT molecular complexity index is 254. The minimum atomic E-state index is -1.03. The Kier molecular flexibility index (Phi) is 5.40. The SMILES string of the molecule is CCCN(CCCC(N)(CC)C(=O)O)C1CC1. The van der Waals surface area contributed by atoms with Gasteiger partial charge >= 0.3 is 5.97 Å². The molecule has 3 N–H and O–H groups in total. The summed E-state index contributed by atoms with van der Waals surface area (Å²) in [6.45, 7) is 6.15. The summed E-state index contributed by atoms with van der Waals surface area (Å²) in [4.78, 5) is 13.5. The van der Waals surface area contributed by atoms with Gasteiger partial charge in [0, 0.05) is 6.04 Å². The van der Waals surface area contributed by atoms with E-state index in [-0.39, 0.29) is 0 Å². The summed E-state index contributed by atoms with van der Waals surface area (Å²) < 4.78 is 0. The van der Waals surface area contributed by atoms with Gasteiger partial charge in [0.25, 0.3) is 0 Å². The molecule has 1 aliphatic rings. The Morgan fingerprint density at radius 2 is 2.06 bits per heavy atom. The molecule has 0 radical (unpaired) electrons. The van der Waals surface area contributed by atoms with Crippen molar-refractivity contribution in [3.63, 3.8) is 0 Å². The van der Waals surface area contributed by atoms with E-state index in [1.807, 2.05) is 6.92 Å². The van der Waals surface area contributed by atoms with Gasteiger partial charge < -0.3 is 15.7 Å². The quantitative estimate of drug-likeness (QED) is 0.647. The molecule has 1 rings (SSSR count). The molecule has 1 aliphatic carbocycles. The van der Waals surface area contributed by atoms with Crippen LogP contribution in [0.15, 0.2) is 0 Å². The second-order valence-electron chi connectivity index (χ2n) is 5.19. The Morgan fingerprint density at radius 3 is 2.47 bits per heavy atom. The number of nitrogens with two attached hydrogens (primary N) is 1. The summed E-state index contributed by atoms with van der Waals surface area (Å²) in [5, 5.41) is 9.08. The molecular weight excluding hydrogens is 216 g/mol. The number of rotatable bonds is 9. The third-order valence-corrected chi connectivity index (χ3v) is 3.70. The second-order valence-corrected chi connectivity index (χ2v) is 5.19. The average Bonchev–Trinajstić information content (AvgIpc) is 3.11. The fourth-order valence-corrected chi connectivity index (χ4v) is 2.24. The van der Waals surface area contributed by atoms with E-state index in [0.29, 0.717) is 12.8 Å². The van der Waals surface area contributed by atoms with Gasteiger partial charge in [0.05, 0.1) is 0 Å². The minimum absolute atomic E-state index is 0.500. The fourth-order valence-electron chi connectivity index (χ4n) is 2.24. The molecule has 0 saturated heterocycles. The number of aliphatic carboxylic acids is 1. The van der Waals surface area contributed by atoms with Crippen LogP contribution in [0, 0.1) is 0 Å². The molecule has 17 heavy (non-hydrogen) atoms. The molecule has 1 saturated carbocycles. The molecule has 0 bridgehead atoms. The van der Waals surface area contributed by atoms with Crippen LogP contribution >= 0.6 is 0 Å². The standard InChI is InChI=1S/C13H26N2O2/c1-3-9-15(11-6-7-11)10-5-8-13(14,4-2)12(16)17/h11H,3-10,14H2,1-2H3,(H,16,17). The van der Waals surface area contributed by atoms with Crippen molar-refractivity contribution in [2.24, 2.45) is 5.73 Å². The molecule has 4 nitrogen and oxygen atoms in total. The first kappa shape index (κ1) is 14.5. The van der Waals surface area contributed by atoms with Crippen LogP contribution in [0.25, 0.3) is 0 Å². The Hall–Kier alpha value is -0.610. The zero-order chi connectivity index (χ0) is 12.9. The largest absolute Gasteiger partial charge is 0.480 e. The number of hydrogen-bond acceptors (Lipinski definition) is 3. The first-order valence-electron chi connectivity index (χ1n) is 6.79. The average molecular weight is 242 g/mol. The number of carbonyl (C=O) groups is 1. The lowest BCUT2D eigenvalue weighted by atomic mass is 9.92. The van der Waals surface area contributed by atoms with Gasteiger partial charge in [-0.05, 0) is 51.6 Å². The lowest BCUT2D eigenvalue weighted by Gasteiger charge is -2.26. The molecule has 100 valence electrons. The lowest BCUT2D eigenvalue weighted by Crippen LogP contribution is -2.47. The van der Waals surface area contributed by atoms with Crippen molar-refractivity contribution >= 4 is 5.97 Å². The summed E-state index contributed by atoms with van der Waals surface area (Å²) in [6, 6.07) is 0.758. The van der Waals surface area contributed by atoms with Crippen molar-refractivity contribution in [1.82, 2.24) is 4.90 Å². The summed E-state index contributed by atoms with van der Waals surface area (Å²) >= 11 is 0. The van der Waals surface area contributed by atoms with Crippen LogP contribution in [0.4, 0.5) is 0 Å². The van der Waals surface area contributed by atoms with E-state index in [1.54, 1.807) is 0 Å². The van der Waals surface area contributed by atoms with Crippen LogP contribution < -0.4 is 5.73 Å². The predicted molar refractivity (Wildman–Crippen MR) is 69.0 cm³/mol. The monoisotopic (exact) mass is 242 g/mol. The highest BCUT2D eigenvalue weighted by atomic mass is 16.4. The van der Waals surface area contributed by atoms with Crippen molar-refractivity contribution in [1.29, 1.82) is 0 Å². The minimum Gasteiger partial charge on any atom is -0.480 e. The van der Waals surface area contributed by atoms with Crippen LogP contribution in [0.3, 0.4) is 0 Å². The first-order chi connectivity index (χ1) is 8.03. The van der Waals surface area contributed by atoms with Crippen LogP contribution in [-0.4, -0.2) is 40.6 Å². The normalized spacial score (nSPS) is 19.3. The van der Waals surface area contributed by atoms with Gasteiger partial charge in [-0.1, -0.05) is 13.8 Å². The Morgan fingerprint density at radius 1 is 1.41 bits per heavy atom. The Labute approximate surface area is 104 Å². The van der Waals surface area contributed by atoms with Crippen molar-refractivity contribution in [2.75, 3.05) is 13.1 Å². The summed E-state index contributed by atoms with van der Waals surface area (Å²) in [7, 11) is 0. The Balaban J connectivity index is 2.31. The van der Waals surface area contributed by atoms with Crippen LogP contribution in [-0.2, 0) is 4.79 Å². The van der Waals surface area contributed by atoms with Gasteiger partial charge in [-0.15, -0.1) is 0 Å². The third kappa shape index (κ3) is 4.28. The zero-order valence-electron chi connectivity index (χ0n) is 11.1. The van der Waals surface area contributed by atoms with E-state index in [1.165, 1.54) is 12.8 Å². The smallest absolute Gasteiger partial charge is 0.323 e. The molecule has 0 aromatic rings. The highest BCUT2D eigenvalue weighted by Gasteiger charge is 2.32. The van der Waals surface area contributed by atoms with Crippen molar-refractivity contribution in [3.8, 4) is 0 Å². The summed E-state index contributed by atoms with van der Waals surface area (Å²) in [5.41, 5.74) is 4.85. The van der Waals surface area contributed by atoms with Crippen molar-refractivity contribution < 1.29 is 9.90 Å². The number of hydrogen-bond donors (Lipinski definition) is 2. The molecule has 0 amide bonds. The molecule has 0 aromatic carbocycles. The maximum atomic E-state index is 11.1. The molecule has 1 atom stereocenters. The van der Waals surface area contributed by atoms with Crippen LogP contribution in [0.1, 0.15) is 52.4 Å². The van der Waals surface area contributed by atoms with Crippen molar-refractivity contribution in [2.45, 2.75) is 64.0 Å². The van der Waals surface area contributed by atoms with E-state index in [2.05, 4.69) is 11.8 Å². The highest BCUT2D eigenvalue weighted by Crippen LogP contribution is 2.27. The van der Waals surface area contributed by atoms with Gasteiger partial charge in [0.15, 0.2) is 0 Å². The lowest BCUT2D eigenvalue weighted by molar-refractivity contribution is -0.143. The molecule has 0 heterocycles. The van der Waals surface area contributed by atoms with Gasteiger partial charge in [-0.2, -0.15) is 0 Å². The maximum absolute atomic E-state index is 11.1. The van der Waals surface area contributed by atoms with Gasteiger partial charge in [-0.25, -0.2) is 0 Å². The van der Waals surface area contributed by atoms with Crippen LogP contribution in [0.2, 0.25) is 0 Å². The van der Waals surface area contributed by atoms with E-state index in [0.717, 1.165) is 32.0 Å². The molecule has 4 heteroatoms. The predicted octanol–water partition coefficient (Wildman–Crippen LogP) is 1.83. The molecule has 0 spiro atoms. The zero-order valence-corrected chi connectivity index (χ0v) is 11.1. The first-order valence-corrected chi connectivity index (χ1v) is 6.79. The van der Waals surface area contributed by atoms with Crippen molar-refractivity contribution in [3.05, 3.63) is 0 Å². The van der Waals surface area contributed by atoms with E-state index >= 15 is 0 Å². The number of nitrogens with zero attached hydrogens (tertiary/aromatic N) is 1. The van der Waals surface area contributed by atoms with Gasteiger partial charge in [0.1, 0.15) is 5.54 Å². The molecule has 0 aliphatic heterocycles. The van der Waals surface area contributed by atoms with E-state index < -0.39 is 11.5 Å². The fraction of sp³-hybridized carbons (Fsp3) is 0.923. The second kappa shape index (κ2) is 6.36. The summed E-state index contributed by atoms with van der Waals surface area (Å²) in [5.74, 6) is -0.867. The third-order valence-electron chi connectivity index (χ3n) is 3.70. The van der Waals surface area contributed by atoms with E-state index in [4.69, 9.17) is 10.8 Å². The maximum Gasteiger partial charge on any atom is 0.323 e. The summed E-state index contributed by atoms with van der Waals surface area (Å²) in [6.07, 6.45) is 5.73. The van der Waals surface area contributed by atoms with Crippen LogP contribution in [0.5, 0.6) is 0 Å². The molecular formula is C13H26N2O2. The molecule has 1 unspecified atom stereocenters. The van der Waals surface area contributed by atoms with E-state index in [9.17, 15) is 4.79 Å². The number of carboxylic acids is 1. The molecule has 1 fully saturated rings. The molecule has 0 aromatic heterocycles. The topological polar surface area (TPSA) is 66.6 Å².